The van der Waals surface area contributed by atoms with Crippen molar-refractivity contribution in [3.63, 3.8) is 0 Å². The van der Waals surface area contributed by atoms with Crippen LogP contribution in [-0.2, 0) is 0 Å². The summed E-state index contributed by atoms with van der Waals surface area (Å²) in [7, 11) is 5.72. The van der Waals surface area contributed by atoms with Gasteiger partial charge in [0.2, 0.25) is 0 Å². The Morgan fingerprint density at radius 3 is 2.81 bits per heavy atom. The topological polar surface area (TPSA) is 70.9 Å². The second-order valence-electron chi connectivity index (χ2n) is 5.45. The van der Waals surface area contributed by atoms with Crippen molar-refractivity contribution >= 4 is 11.4 Å². The highest BCUT2D eigenvalue weighted by Gasteiger charge is 2.22. The van der Waals surface area contributed by atoms with Gasteiger partial charge in [-0.25, -0.2) is 0 Å². The van der Waals surface area contributed by atoms with Gasteiger partial charge in [-0.1, -0.05) is 0 Å². The lowest BCUT2D eigenvalue weighted by Gasteiger charge is -2.37. The molecule has 0 saturated carbocycles. The van der Waals surface area contributed by atoms with Crippen LogP contribution in [-0.4, -0.2) is 68.1 Å². The zero-order valence-corrected chi connectivity index (χ0v) is 12.7. The van der Waals surface area contributed by atoms with E-state index in [1.54, 1.807) is 6.07 Å². The van der Waals surface area contributed by atoms with Gasteiger partial charge in [0.1, 0.15) is 5.75 Å². The maximum atomic E-state index is 10.9. The molecule has 1 aromatic rings. The molecule has 0 spiro atoms. The number of hydrogen-bond acceptors (Lipinski definition) is 6. The molecular formula is C14H22N4O3. The standard InChI is InChI=1S/C14H22N4O3/c1-16-4-5-17(2)13(10-16)9-15-11-6-12(18(19)20)8-14(7-11)21-3/h6-8,13,15H,4-5,9-10H2,1-3H3. The van der Waals surface area contributed by atoms with Crippen molar-refractivity contribution in [3.05, 3.63) is 28.3 Å². The van der Waals surface area contributed by atoms with Crippen molar-refractivity contribution in [2.24, 2.45) is 0 Å². The Balaban J connectivity index is 2.05. The summed E-state index contributed by atoms with van der Waals surface area (Å²) in [6.07, 6.45) is 0. The Bertz CT molecular complexity index is 509. The van der Waals surface area contributed by atoms with E-state index in [0.717, 1.165) is 26.2 Å². The number of nitro benzene ring substituents is 1. The molecule has 1 fully saturated rings. The Labute approximate surface area is 124 Å². The van der Waals surface area contributed by atoms with Crippen LogP contribution >= 0.6 is 0 Å². The van der Waals surface area contributed by atoms with Gasteiger partial charge in [0.15, 0.2) is 0 Å². The summed E-state index contributed by atoms with van der Waals surface area (Å²) >= 11 is 0. The molecule has 0 bridgehead atoms. The highest BCUT2D eigenvalue weighted by molar-refractivity contribution is 5.56. The monoisotopic (exact) mass is 294 g/mol. The molecule has 1 aliphatic heterocycles. The number of anilines is 1. The van der Waals surface area contributed by atoms with Crippen LogP contribution in [0.25, 0.3) is 0 Å². The first kappa shape index (κ1) is 15.5. The van der Waals surface area contributed by atoms with Gasteiger partial charge >= 0.3 is 0 Å². The van der Waals surface area contributed by atoms with Crippen LogP contribution in [0, 0.1) is 10.1 Å². The van der Waals surface area contributed by atoms with E-state index in [9.17, 15) is 10.1 Å². The second kappa shape index (κ2) is 6.73. The Morgan fingerprint density at radius 1 is 1.38 bits per heavy atom. The van der Waals surface area contributed by atoms with Gasteiger partial charge in [-0.05, 0) is 14.1 Å². The Morgan fingerprint density at radius 2 is 2.14 bits per heavy atom. The second-order valence-corrected chi connectivity index (χ2v) is 5.45. The number of nitrogens with zero attached hydrogens (tertiary/aromatic N) is 3. The first-order chi connectivity index (χ1) is 9.99. The molecule has 7 nitrogen and oxygen atoms in total. The molecule has 1 atom stereocenters. The molecule has 1 unspecified atom stereocenters. The lowest BCUT2D eigenvalue weighted by Crippen LogP contribution is -2.52. The van der Waals surface area contributed by atoms with Crippen molar-refractivity contribution in [2.45, 2.75) is 6.04 Å². The quantitative estimate of drug-likeness (QED) is 0.651. The fraction of sp³-hybridized carbons (Fsp3) is 0.571. The Kier molecular flexibility index (Phi) is 4.98. The summed E-state index contributed by atoms with van der Waals surface area (Å²) in [6, 6.07) is 5.12. The van der Waals surface area contributed by atoms with Gasteiger partial charge in [-0.15, -0.1) is 0 Å². The molecule has 1 N–H and O–H groups in total. The molecule has 1 aromatic carbocycles. The van der Waals surface area contributed by atoms with Crippen molar-refractivity contribution in [3.8, 4) is 5.75 Å². The predicted octanol–water partition coefficient (Wildman–Crippen LogP) is 1.26. The molecule has 1 heterocycles. The lowest BCUT2D eigenvalue weighted by molar-refractivity contribution is -0.384. The third-order valence-electron chi connectivity index (χ3n) is 3.86. The van der Waals surface area contributed by atoms with Crippen LogP contribution in [0.5, 0.6) is 5.75 Å². The van der Waals surface area contributed by atoms with Gasteiger partial charge in [0, 0.05) is 50.0 Å². The van der Waals surface area contributed by atoms with E-state index in [1.807, 2.05) is 0 Å². The molecule has 0 amide bonds. The van der Waals surface area contributed by atoms with E-state index in [1.165, 1.54) is 19.2 Å². The van der Waals surface area contributed by atoms with E-state index in [0.29, 0.717) is 17.5 Å². The number of nitrogens with one attached hydrogen (secondary N) is 1. The van der Waals surface area contributed by atoms with Gasteiger partial charge in [0.05, 0.1) is 18.1 Å². The zero-order chi connectivity index (χ0) is 15.4. The van der Waals surface area contributed by atoms with Crippen LogP contribution in [0.1, 0.15) is 0 Å². The maximum absolute atomic E-state index is 10.9. The molecule has 2 rings (SSSR count). The number of piperazine rings is 1. The van der Waals surface area contributed by atoms with Gasteiger partial charge in [0.25, 0.3) is 5.69 Å². The van der Waals surface area contributed by atoms with Crippen molar-refractivity contribution in [1.29, 1.82) is 0 Å². The van der Waals surface area contributed by atoms with Crippen LogP contribution < -0.4 is 10.1 Å². The van der Waals surface area contributed by atoms with Crippen LogP contribution in [0.4, 0.5) is 11.4 Å². The normalized spacial score (nSPS) is 20.2. The summed E-state index contributed by atoms with van der Waals surface area (Å²) in [5.74, 6) is 0.487. The predicted molar refractivity (Wildman–Crippen MR) is 82.1 cm³/mol. The third kappa shape index (κ3) is 4.05. The summed E-state index contributed by atoms with van der Waals surface area (Å²) in [4.78, 5) is 15.1. The van der Waals surface area contributed by atoms with Crippen molar-refractivity contribution in [1.82, 2.24) is 9.80 Å². The molecule has 1 saturated heterocycles. The lowest BCUT2D eigenvalue weighted by atomic mass is 10.1. The number of hydrogen-bond donors (Lipinski definition) is 1. The summed E-state index contributed by atoms with van der Waals surface area (Å²) in [5, 5.41) is 14.2. The number of ether oxygens (including phenoxy) is 1. The molecule has 0 radical (unpaired) electrons. The number of benzene rings is 1. The van der Waals surface area contributed by atoms with E-state index in [4.69, 9.17) is 4.74 Å². The molecule has 7 heteroatoms. The minimum atomic E-state index is -0.409. The fourth-order valence-electron chi connectivity index (χ4n) is 2.47. The third-order valence-corrected chi connectivity index (χ3v) is 3.86. The number of likely N-dealkylation sites (N-methyl/N-ethyl adjacent to an activating group) is 2. The highest BCUT2D eigenvalue weighted by Crippen LogP contribution is 2.25. The smallest absolute Gasteiger partial charge is 0.275 e. The van der Waals surface area contributed by atoms with Crippen molar-refractivity contribution in [2.75, 3.05) is 52.7 Å². The minimum Gasteiger partial charge on any atom is -0.496 e. The SMILES string of the molecule is COc1cc(NCC2CN(C)CCN2C)cc([N+](=O)[O-])c1. The molecule has 21 heavy (non-hydrogen) atoms. The molecule has 116 valence electrons. The fourth-order valence-corrected chi connectivity index (χ4v) is 2.47. The van der Waals surface area contributed by atoms with Crippen LogP contribution in [0.3, 0.4) is 0 Å². The number of nitro groups is 1. The Hall–Kier alpha value is -1.86. The van der Waals surface area contributed by atoms with E-state index >= 15 is 0 Å². The van der Waals surface area contributed by atoms with E-state index in [2.05, 4.69) is 29.2 Å². The maximum Gasteiger partial charge on any atom is 0.275 e. The highest BCUT2D eigenvalue weighted by atomic mass is 16.6. The van der Waals surface area contributed by atoms with Crippen LogP contribution in [0.15, 0.2) is 18.2 Å². The molecule has 0 aliphatic carbocycles. The zero-order valence-electron chi connectivity index (χ0n) is 12.7. The van der Waals surface area contributed by atoms with Crippen LogP contribution in [0.2, 0.25) is 0 Å². The average Bonchev–Trinajstić information content (AvgIpc) is 2.47. The van der Waals surface area contributed by atoms with Gasteiger partial charge in [-0.2, -0.15) is 0 Å². The first-order valence-corrected chi connectivity index (χ1v) is 6.95. The summed E-state index contributed by atoms with van der Waals surface area (Å²) in [6.45, 7) is 3.82. The summed E-state index contributed by atoms with van der Waals surface area (Å²) < 4.78 is 5.11. The van der Waals surface area contributed by atoms with Gasteiger partial charge in [-0.3, -0.25) is 15.0 Å². The largest absolute Gasteiger partial charge is 0.496 e. The summed E-state index contributed by atoms with van der Waals surface area (Å²) in [5.41, 5.74) is 0.744. The number of methoxy groups -OCH3 is 1. The number of rotatable bonds is 5. The molecular weight excluding hydrogens is 272 g/mol. The van der Waals surface area contributed by atoms with E-state index < -0.39 is 4.92 Å². The number of non-ortho nitro benzene ring substituents is 1. The average molecular weight is 294 g/mol. The van der Waals surface area contributed by atoms with Gasteiger partial charge < -0.3 is 15.0 Å². The molecule has 1 aliphatic rings. The van der Waals surface area contributed by atoms with E-state index in [-0.39, 0.29) is 5.69 Å². The first-order valence-electron chi connectivity index (χ1n) is 6.95. The molecule has 0 aromatic heterocycles. The van der Waals surface area contributed by atoms with Crippen molar-refractivity contribution < 1.29 is 9.66 Å². The minimum absolute atomic E-state index is 0.0333.